The fourth-order valence-corrected chi connectivity index (χ4v) is 2.40. The Morgan fingerprint density at radius 1 is 1.00 bits per heavy atom. The molecule has 0 radical (unpaired) electrons. The molecule has 0 unspecified atom stereocenters. The lowest BCUT2D eigenvalue weighted by Gasteiger charge is -2.03. The summed E-state index contributed by atoms with van der Waals surface area (Å²) >= 11 is 1.69. The maximum atomic E-state index is 5.65. The van der Waals surface area contributed by atoms with Crippen LogP contribution in [0, 0.1) is 0 Å². The molecule has 0 bridgehead atoms. The van der Waals surface area contributed by atoms with Gasteiger partial charge in [-0.05, 0) is 54.8 Å². The first-order chi connectivity index (χ1) is 11.3. The molecule has 0 aliphatic heterocycles. The lowest BCUT2D eigenvalue weighted by Crippen LogP contribution is -1.95. The van der Waals surface area contributed by atoms with Crippen molar-refractivity contribution >= 4 is 11.8 Å². The molecule has 5 nitrogen and oxygen atoms in total. The second kappa shape index (κ2) is 7.19. The summed E-state index contributed by atoms with van der Waals surface area (Å²) in [5.74, 6) is 2.52. The van der Waals surface area contributed by atoms with E-state index in [0.29, 0.717) is 11.7 Å². The largest absolute Gasteiger partial charge is 0.497 e. The van der Waals surface area contributed by atoms with Gasteiger partial charge in [0.15, 0.2) is 6.61 Å². The predicted octanol–water partition coefficient (Wildman–Crippen LogP) is 4.05. The molecule has 2 aromatic carbocycles. The fourth-order valence-electron chi connectivity index (χ4n) is 1.99. The third-order valence-corrected chi connectivity index (χ3v) is 3.98. The van der Waals surface area contributed by atoms with Crippen LogP contribution in [0.3, 0.4) is 0 Å². The van der Waals surface area contributed by atoms with Gasteiger partial charge in [0, 0.05) is 10.5 Å². The van der Waals surface area contributed by atoms with Crippen molar-refractivity contribution in [3.8, 4) is 22.9 Å². The normalized spacial score (nSPS) is 10.5. The molecule has 3 rings (SSSR count). The van der Waals surface area contributed by atoms with Crippen LogP contribution >= 0.6 is 11.8 Å². The second-order valence-corrected chi connectivity index (χ2v) is 5.58. The highest BCUT2D eigenvalue weighted by Gasteiger charge is 2.09. The SMILES string of the molecule is COc1ccc(-c2noc(COc3ccc(SC)cc3)n2)cc1. The van der Waals surface area contributed by atoms with Crippen LogP contribution in [0.2, 0.25) is 0 Å². The monoisotopic (exact) mass is 328 g/mol. The molecule has 0 aliphatic rings. The van der Waals surface area contributed by atoms with Crippen molar-refractivity contribution in [2.45, 2.75) is 11.5 Å². The van der Waals surface area contributed by atoms with E-state index in [1.807, 2.05) is 54.8 Å². The Bertz CT molecular complexity index is 754. The van der Waals surface area contributed by atoms with Crippen LogP contribution in [-0.4, -0.2) is 23.5 Å². The topological polar surface area (TPSA) is 57.4 Å². The molecule has 0 aliphatic carbocycles. The van der Waals surface area contributed by atoms with E-state index in [2.05, 4.69) is 10.1 Å². The van der Waals surface area contributed by atoms with Gasteiger partial charge in [-0.15, -0.1) is 11.8 Å². The van der Waals surface area contributed by atoms with Crippen molar-refractivity contribution in [1.29, 1.82) is 0 Å². The van der Waals surface area contributed by atoms with E-state index in [0.717, 1.165) is 17.1 Å². The summed E-state index contributed by atoms with van der Waals surface area (Å²) in [7, 11) is 1.63. The van der Waals surface area contributed by atoms with Crippen LogP contribution in [0.4, 0.5) is 0 Å². The zero-order valence-corrected chi connectivity index (χ0v) is 13.7. The van der Waals surface area contributed by atoms with E-state index in [1.54, 1.807) is 18.9 Å². The van der Waals surface area contributed by atoms with Crippen LogP contribution in [-0.2, 0) is 6.61 Å². The summed E-state index contributed by atoms with van der Waals surface area (Å²) in [6.07, 6.45) is 2.04. The second-order valence-electron chi connectivity index (χ2n) is 4.70. The van der Waals surface area contributed by atoms with E-state index in [1.165, 1.54) is 4.90 Å². The van der Waals surface area contributed by atoms with Crippen molar-refractivity contribution in [3.05, 3.63) is 54.4 Å². The van der Waals surface area contributed by atoms with Crippen molar-refractivity contribution in [2.75, 3.05) is 13.4 Å². The Balaban J connectivity index is 1.64. The molecule has 1 aromatic heterocycles. The summed E-state index contributed by atoms with van der Waals surface area (Å²) in [6.45, 7) is 0.238. The minimum Gasteiger partial charge on any atom is -0.497 e. The first-order valence-corrected chi connectivity index (χ1v) is 8.25. The van der Waals surface area contributed by atoms with Gasteiger partial charge in [0.25, 0.3) is 5.89 Å². The Hall–Kier alpha value is -2.47. The molecular weight excluding hydrogens is 312 g/mol. The Labute approximate surface area is 138 Å². The maximum Gasteiger partial charge on any atom is 0.264 e. The molecule has 0 spiro atoms. The molecule has 3 aromatic rings. The minimum absolute atomic E-state index is 0.238. The summed E-state index contributed by atoms with van der Waals surface area (Å²) in [6, 6.07) is 15.3. The van der Waals surface area contributed by atoms with Crippen molar-refractivity contribution in [1.82, 2.24) is 10.1 Å². The predicted molar refractivity (Wildman–Crippen MR) is 88.8 cm³/mol. The van der Waals surface area contributed by atoms with Crippen molar-refractivity contribution < 1.29 is 14.0 Å². The van der Waals surface area contributed by atoms with Gasteiger partial charge in [-0.3, -0.25) is 0 Å². The van der Waals surface area contributed by atoms with E-state index in [-0.39, 0.29) is 6.61 Å². The smallest absolute Gasteiger partial charge is 0.264 e. The number of hydrogen-bond acceptors (Lipinski definition) is 6. The standard InChI is InChI=1S/C17H16N2O3S/c1-20-13-5-3-12(4-6-13)17-18-16(22-19-17)11-21-14-7-9-15(23-2)10-8-14/h3-10H,11H2,1-2H3. The molecule has 23 heavy (non-hydrogen) atoms. The van der Waals surface area contributed by atoms with Crippen LogP contribution in [0.5, 0.6) is 11.5 Å². The quantitative estimate of drug-likeness (QED) is 0.636. The van der Waals surface area contributed by atoms with E-state index in [9.17, 15) is 0 Å². The lowest BCUT2D eigenvalue weighted by atomic mass is 10.2. The fraction of sp³-hybridized carbons (Fsp3) is 0.176. The molecule has 0 saturated heterocycles. The highest BCUT2D eigenvalue weighted by atomic mass is 32.2. The molecule has 0 atom stereocenters. The Kier molecular flexibility index (Phi) is 4.83. The van der Waals surface area contributed by atoms with E-state index < -0.39 is 0 Å². The first-order valence-electron chi connectivity index (χ1n) is 7.02. The molecule has 0 amide bonds. The number of nitrogens with zero attached hydrogens (tertiary/aromatic N) is 2. The van der Waals surface area contributed by atoms with Crippen LogP contribution < -0.4 is 9.47 Å². The molecule has 0 fully saturated rings. The molecule has 6 heteroatoms. The van der Waals surface area contributed by atoms with Gasteiger partial charge in [0.05, 0.1) is 7.11 Å². The Morgan fingerprint density at radius 3 is 2.35 bits per heavy atom. The lowest BCUT2D eigenvalue weighted by molar-refractivity contribution is 0.243. The van der Waals surface area contributed by atoms with E-state index in [4.69, 9.17) is 14.0 Å². The number of aromatic nitrogens is 2. The average Bonchev–Trinajstić information content (AvgIpc) is 3.09. The number of rotatable bonds is 6. The minimum atomic E-state index is 0.238. The van der Waals surface area contributed by atoms with Crippen LogP contribution in [0.25, 0.3) is 11.4 Å². The van der Waals surface area contributed by atoms with Crippen LogP contribution in [0.1, 0.15) is 5.89 Å². The van der Waals surface area contributed by atoms with Crippen LogP contribution in [0.15, 0.2) is 57.9 Å². The van der Waals surface area contributed by atoms with Gasteiger partial charge in [-0.1, -0.05) is 5.16 Å². The van der Waals surface area contributed by atoms with E-state index >= 15 is 0 Å². The summed E-state index contributed by atoms with van der Waals surface area (Å²) < 4.78 is 16.0. The third kappa shape index (κ3) is 3.84. The highest BCUT2D eigenvalue weighted by Crippen LogP contribution is 2.21. The Morgan fingerprint density at radius 2 is 1.70 bits per heavy atom. The third-order valence-electron chi connectivity index (χ3n) is 3.24. The van der Waals surface area contributed by atoms with Gasteiger partial charge in [0.1, 0.15) is 11.5 Å². The number of thioether (sulfide) groups is 1. The molecule has 0 N–H and O–H groups in total. The van der Waals surface area contributed by atoms with Gasteiger partial charge in [-0.25, -0.2) is 0 Å². The highest BCUT2D eigenvalue weighted by molar-refractivity contribution is 7.98. The summed E-state index contributed by atoms with van der Waals surface area (Å²) in [4.78, 5) is 5.53. The van der Waals surface area contributed by atoms with Gasteiger partial charge in [0.2, 0.25) is 5.82 Å². The molecule has 1 heterocycles. The van der Waals surface area contributed by atoms with Gasteiger partial charge < -0.3 is 14.0 Å². The summed E-state index contributed by atoms with van der Waals surface area (Å²) in [5, 5.41) is 3.97. The number of ether oxygens (including phenoxy) is 2. The van der Waals surface area contributed by atoms with Crippen molar-refractivity contribution in [3.63, 3.8) is 0 Å². The van der Waals surface area contributed by atoms with Gasteiger partial charge in [-0.2, -0.15) is 4.98 Å². The maximum absolute atomic E-state index is 5.65. The number of benzene rings is 2. The first kappa shape index (κ1) is 15.4. The molecule has 118 valence electrons. The zero-order chi connectivity index (χ0) is 16.1. The van der Waals surface area contributed by atoms with Gasteiger partial charge >= 0.3 is 0 Å². The molecule has 0 saturated carbocycles. The zero-order valence-electron chi connectivity index (χ0n) is 12.9. The van der Waals surface area contributed by atoms with Crippen molar-refractivity contribution in [2.24, 2.45) is 0 Å². The average molecular weight is 328 g/mol. The molecular formula is C17H16N2O3S. The summed E-state index contributed by atoms with van der Waals surface area (Å²) in [5.41, 5.74) is 0.866. The number of methoxy groups -OCH3 is 1. The number of hydrogen-bond donors (Lipinski definition) is 0.